The molecule has 5 nitrogen and oxygen atoms in total. The number of rotatable bonds is 4. The summed E-state index contributed by atoms with van der Waals surface area (Å²) in [5.41, 5.74) is 1.68. The van der Waals surface area contributed by atoms with Crippen molar-refractivity contribution >= 4 is 17.6 Å². The SMILES string of the molecule is COC(=O)[C@H]1[C@H]2C=CCC[C@@H]2C(=O)N(c2ccccc2)[C@H]1c1ccc(OC)cc1. The van der Waals surface area contributed by atoms with E-state index in [0.717, 1.165) is 29.8 Å². The van der Waals surface area contributed by atoms with E-state index in [1.165, 1.54) is 7.11 Å². The summed E-state index contributed by atoms with van der Waals surface area (Å²) < 4.78 is 10.5. The molecular weight excluding hydrogens is 366 g/mol. The summed E-state index contributed by atoms with van der Waals surface area (Å²) in [5, 5.41) is 0. The third kappa shape index (κ3) is 3.41. The van der Waals surface area contributed by atoms with E-state index >= 15 is 0 Å². The Morgan fingerprint density at radius 1 is 1.03 bits per heavy atom. The fourth-order valence-electron chi connectivity index (χ4n) is 4.66. The van der Waals surface area contributed by atoms with Crippen LogP contribution >= 0.6 is 0 Å². The Kier molecular flexibility index (Phi) is 5.38. The minimum atomic E-state index is -0.479. The Labute approximate surface area is 170 Å². The first-order chi connectivity index (χ1) is 14.2. The van der Waals surface area contributed by atoms with Crippen molar-refractivity contribution in [1.29, 1.82) is 0 Å². The average molecular weight is 391 g/mol. The summed E-state index contributed by atoms with van der Waals surface area (Å²) in [7, 11) is 3.03. The highest BCUT2D eigenvalue weighted by Crippen LogP contribution is 2.48. The third-order valence-electron chi connectivity index (χ3n) is 6.02. The van der Waals surface area contributed by atoms with Gasteiger partial charge in [0.1, 0.15) is 5.75 Å². The maximum atomic E-state index is 13.6. The number of hydrogen-bond acceptors (Lipinski definition) is 4. The summed E-state index contributed by atoms with van der Waals surface area (Å²) in [6.45, 7) is 0. The van der Waals surface area contributed by atoms with E-state index in [2.05, 4.69) is 6.08 Å². The molecule has 0 bridgehead atoms. The predicted octanol–water partition coefficient (Wildman–Crippen LogP) is 4.15. The Bertz CT molecular complexity index is 906. The molecule has 1 heterocycles. The fraction of sp³-hybridized carbons (Fsp3) is 0.333. The Morgan fingerprint density at radius 2 is 1.76 bits per heavy atom. The lowest BCUT2D eigenvalue weighted by atomic mass is 9.67. The van der Waals surface area contributed by atoms with E-state index in [-0.39, 0.29) is 23.7 Å². The van der Waals surface area contributed by atoms with Gasteiger partial charge in [-0.05, 0) is 42.7 Å². The number of esters is 1. The fourth-order valence-corrected chi connectivity index (χ4v) is 4.66. The first-order valence-electron chi connectivity index (χ1n) is 9.92. The van der Waals surface area contributed by atoms with Gasteiger partial charge in [-0.2, -0.15) is 0 Å². The van der Waals surface area contributed by atoms with Gasteiger partial charge < -0.3 is 14.4 Å². The molecule has 2 aliphatic rings. The van der Waals surface area contributed by atoms with Crippen molar-refractivity contribution in [2.75, 3.05) is 19.1 Å². The molecule has 1 amide bonds. The van der Waals surface area contributed by atoms with Crippen LogP contribution in [0.5, 0.6) is 5.75 Å². The molecule has 1 aliphatic heterocycles. The van der Waals surface area contributed by atoms with Gasteiger partial charge in [-0.1, -0.05) is 42.5 Å². The highest BCUT2D eigenvalue weighted by molar-refractivity contribution is 5.99. The van der Waals surface area contributed by atoms with Gasteiger partial charge in [0, 0.05) is 17.5 Å². The third-order valence-corrected chi connectivity index (χ3v) is 6.02. The number of methoxy groups -OCH3 is 2. The van der Waals surface area contributed by atoms with Gasteiger partial charge in [-0.25, -0.2) is 0 Å². The highest BCUT2D eigenvalue weighted by Gasteiger charge is 2.52. The second kappa shape index (κ2) is 8.11. The minimum Gasteiger partial charge on any atom is -0.497 e. The largest absolute Gasteiger partial charge is 0.497 e. The molecule has 150 valence electrons. The molecule has 5 heteroatoms. The molecule has 1 saturated heterocycles. The first-order valence-corrected chi connectivity index (χ1v) is 9.92. The molecule has 29 heavy (non-hydrogen) atoms. The first kappa shape index (κ1) is 19.2. The zero-order valence-electron chi connectivity index (χ0n) is 16.7. The number of fused-ring (bicyclic) bond motifs is 1. The number of anilines is 1. The summed E-state index contributed by atoms with van der Waals surface area (Å²) in [6.07, 6.45) is 5.70. The van der Waals surface area contributed by atoms with Crippen molar-refractivity contribution < 1.29 is 19.1 Å². The molecular formula is C24H25NO4. The van der Waals surface area contributed by atoms with E-state index < -0.39 is 12.0 Å². The van der Waals surface area contributed by atoms with E-state index in [0.29, 0.717) is 0 Å². The minimum absolute atomic E-state index is 0.0616. The van der Waals surface area contributed by atoms with Crippen LogP contribution in [0, 0.1) is 17.8 Å². The normalized spacial score (nSPS) is 26.0. The highest BCUT2D eigenvalue weighted by atomic mass is 16.5. The number of piperidine rings is 1. The number of amides is 1. The van der Waals surface area contributed by atoms with E-state index in [4.69, 9.17) is 9.47 Å². The molecule has 1 aliphatic carbocycles. The second-order valence-corrected chi connectivity index (χ2v) is 7.50. The molecule has 4 atom stereocenters. The quantitative estimate of drug-likeness (QED) is 0.580. The van der Waals surface area contributed by atoms with Crippen molar-refractivity contribution in [1.82, 2.24) is 0 Å². The van der Waals surface area contributed by atoms with Crippen molar-refractivity contribution in [2.45, 2.75) is 18.9 Å². The zero-order chi connectivity index (χ0) is 20.4. The van der Waals surface area contributed by atoms with Crippen LogP contribution in [0.25, 0.3) is 0 Å². The number of ether oxygens (including phenoxy) is 2. The van der Waals surface area contributed by atoms with E-state index in [1.54, 1.807) is 12.0 Å². The number of para-hydroxylation sites is 1. The van der Waals surface area contributed by atoms with E-state index in [9.17, 15) is 9.59 Å². The molecule has 0 radical (unpaired) electrons. The van der Waals surface area contributed by atoms with Crippen LogP contribution in [0.4, 0.5) is 5.69 Å². The Balaban J connectivity index is 1.89. The average Bonchev–Trinajstić information content (AvgIpc) is 2.79. The van der Waals surface area contributed by atoms with Crippen LogP contribution < -0.4 is 9.64 Å². The standard InChI is InChI=1S/C24H25NO4/c1-28-18-14-12-16(13-15-18)22-21(24(27)29-2)19-10-6-7-11-20(19)23(26)25(22)17-8-4-3-5-9-17/h3-6,8-10,12-15,19-22H,7,11H2,1-2H3/t19-,20-,21-,22-/m0/s1. The van der Waals surface area contributed by atoms with Crippen LogP contribution in [-0.4, -0.2) is 26.1 Å². The van der Waals surface area contributed by atoms with Gasteiger partial charge in [0.25, 0.3) is 0 Å². The van der Waals surface area contributed by atoms with Crippen LogP contribution in [0.15, 0.2) is 66.7 Å². The topological polar surface area (TPSA) is 55.8 Å². The van der Waals surface area contributed by atoms with Gasteiger partial charge in [0.2, 0.25) is 5.91 Å². The molecule has 0 saturated carbocycles. The molecule has 0 aromatic heterocycles. The smallest absolute Gasteiger partial charge is 0.311 e. The lowest BCUT2D eigenvalue weighted by molar-refractivity contribution is -0.151. The number of benzene rings is 2. The number of carbonyl (C=O) groups excluding carboxylic acids is 2. The molecule has 0 N–H and O–H groups in total. The summed E-state index contributed by atoms with van der Waals surface area (Å²) >= 11 is 0. The lowest BCUT2D eigenvalue weighted by Crippen LogP contribution is -2.55. The van der Waals surface area contributed by atoms with Crippen molar-refractivity contribution in [2.24, 2.45) is 17.8 Å². The number of carbonyl (C=O) groups is 2. The monoisotopic (exact) mass is 391 g/mol. The molecule has 2 aromatic carbocycles. The molecule has 1 fully saturated rings. The van der Waals surface area contributed by atoms with Crippen molar-refractivity contribution in [3.05, 3.63) is 72.3 Å². The maximum Gasteiger partial charge on any atom is 0.311 e. The van der Waals surface area contributed by atoms with Crippen LogP contribution in [0.2, 0.25) is 0 Å². The van der Waals surface area contributed by atoms with Gasteiger partial charge >= 0.3 is 5.97 Å². The van der Waals surface area contributed by atoms with Crippen molar-refractivity contribution in [3.63, 3.8) is 0 Å². The molecule has 0 unspecified atom stereocenters. The second-order valence-electron chi connectivity index (χ2n) is 7.50. The number of nitrogens with zero attached hydrogens (tertiary/aromatic N) is 1. The Hall–Kier alpha value is -3.08. The van der Waals surface area contributed by atoms with E-state index in [1.807, 2.05) is 60.7 Å². The Morgan fingerprint density at radius 3 is 2.41 bits per heavy atom. The summed E-state index contributed by atoms with van der Waals surface area (Å²) in [5.74, 6) is -0.373. The van der Waals surface area contributed by atoms with Crippen LogP contribution in [0.3, 0.4) is 0 Å². The van der Waals surface area contributed by atoms with Crippen LogP contribution in [-0.2, 0) is 14.3 Å². The van der Waals surface area contributed by atoms with Crippen molar-refractivity contribution in [3.8, 4) is 5.75 Å². The lowest BCUT2D eigenvalue weighted by Gasteiger charge is -2.48. The number of allylic oxidation sites excluding steroid dienone is 2. The van der Waals surface area contributed by atoms with Gasteiger partial charge in [-0.3, -0.25) is 9.59 Å². The summed E-state index contributed by atoms with van der Waals surface area (Å²) in [6, 6.07) is 16.7. The molecule has 0 spiro atoms. The molecule has 4 rings (SSSR count). The molecule has 2 aromatic rings. The zero-order valence-corrected chi connectivity index (χ0v) is 16.7. The summed E-state index contributed by atoms with van der Waals surface area (Å²) in [4.78, 5) is 28.4. The van der Waals surface area contributed by atoms with Crippen LogP contribution in [0.1, 0.15) is 24.4 Å². The maximum absolute atomic E-state index is 13.6. The number of hydrogen-bond donors (Lipinski definition) is 0. The van der Waals surface area contributed by atoms with Gasteiger partial charge in [0.05, 0.1) is 26.2 Å². The van der Waals surface area contributed by atoms with Gasteiger partial charge in [0.15, 0.2) is 0 Å². The van der Waals surface area contributed by atoms with Gasteiger partial charge in [-0.15, -0.1) is 0 Å². The predicted molar refractivity (Wildman–Crippen MR) is 111 cm³/mol.